The van der Waals surface area contributed by atoms with Crippen molar-refractivity contribution >= 4 is 12.0 Å². The van der Waals surface area contributed by atoms with Crippen LogP contribution in [0.4, 0.5) is 10.7 Å². The van der Waals surface area contributed by atoms with E-state index in [9.17, 15) is 4.79 Å². The summed E-state index contributed by atoms with van der Waals surface area (Å²) in [6.07, 6.45) is 0.0606. The first-order chi connectivity index (χ1) is 4.68. The van der Waals surface area contributed by atoms with Gasteiger partial charge < -0.3 is 14.9 Å². The van der Waals surface area contributed by atoms with E-state index in [1.165, 1.54) is 10.9 Å². The molecule has 0 aromatic carbocycles. The summed E-state index contributed by atoms with van der Waals surface area (Å²) >= 11 is 0. The summed E-state index contributed by atoms with van der Waals surface area (Å²) in [5.74, 6) is -0.0185. The molecular weight excluding hydrogens is 138 g/mol. The number of carboxylic acid groups (broad SMARTS) is 1. The Morgan fingerprint density at radius 1 is 2.00 bits per heavy atom. The highest BCUT2D eigenvalue weighted by Crippen LogP contribution is 2.12. The van der Waals surface area contributed by atoms with Gasteiger partial charge in [-0.05, 0) is 0 Å². The van der Waals surface area contributed by atoms with Crippen LogP contribution >= 0.6 is 0 Å². The number of carbonyl (C=O) groups is 1. The minimum Gasteiger partial charge on any atom is -0.552 e. The predicted octanol–water partition coefficient (Wildman–Crippen LogP) is 0.182. The maximum absolute atomic E-state index is 9.91. The molecule has 10 heavy (non-hydrogen) atoms. The molecular formula is C4H5N3O3. The van der Waals surface area contributed by atoms with Crippen LogP contribution in [0.3, 0.4) is 0 Å². The average Bonchev–Trinajstić information content (AvgIpc) is 2.13. The zero-order chi connectivity index (χ0) is 7.56. The SMILES string of the molecule is C[n+]1cc([N-]C(=O)O)on1. The Balaban J connectivity index is 2.67. The van der Waals surface area contributed by atoms with Crippen molar-refractivity contribution in [3.05, 3.63) is 11.5 Å². The Morgan fingerprint density at radius 2 is 2.70 bits per heavy atom. The van der Waals surface area contributed by atoms with Crippen molar-refractivity contribution in [2.24, 2.45) is 7.05 Å². The summed E-state index contributed by atoms with van der Waals surface area (Å²) in [5.41, 5.74) is 0. The highest BCUT2D eigenvalue weighted by Gasteiger charge is 1.97. The summed E-state index contributed by atoms with van der Waals surface area (Å²) in [4.78, 5) is 9.91. The zero-order valence-electron chi connectivity index (χ0n) is 5.18. The van der Waals surface area contributed by atoms with Gasteiger partial charge in [-0.15, -0.1) is 0 Å². The van der Waals surface area contributed by atoms with Gasteiger partial charge in [-0.1, -0.05) is 4.68 Å². The normalized spacial score (nSPS) is 9.30. The maximum atomic E-state index is 9.91. The van der Waals surface area contributed by atoms with Gasteiger partial charge in [0.1, 0.15) is 5.88 Å². The molecule has 0 atom stereocenters. The lowest BCUT2D eigenvalue weighted by molar-refractivity contribution is -0.739. The van der Waals surface area contributed by atoms with Gasteiger partial charge in [0.15, 0.2) is 12.3 Å². The number of aromatic nitrogens is 2. The fourth-order valence-corrected chi connectivity index (χ4v) is 0.457. The first-order valence-electron chi connectivity index (χ1n) is 2.46. The molecule has 0 aliphatic carbocycles. The van der Waals surface area contributed by atoms with Gasteiger partial charge in [0, 0.05) is 0 Å². The molecule has 0 spiro atoms. The van der Waals surface area contributed by atoms with Gasteiger partial charge >= 0.3 is 0 Å². The zero-order valence-corrected chi connectivity index (χ0v) is 5.18. The molecule has 0 unspecified atom stereocenters. The minimum atomic E-state index is -1.29. The van der Waals surface area contributed by atoms with Gasteiger partial charge in [0.25, 0.3) is 0 Å². The molecule has 1 rings (SSSR count). The van der Waals surface area contributed by atoms with Gasteiger partial charge in [0.2, 0.25) is 12.3 Å². The third kappa shape index (κ3) is 1.44. The molecule has 0 saturated heterocycles. The van der Waals surface area contributed by atoms with Gasteiger partial charge in [-0.3, -0.25) is 4.79 Å². The van der Waals surface area contributed by atoms with Crippen molar-refractivity contribution < 1.29 is 19.1 Å². The van der Waals surface area contributed by atoms with Crippen molar-refractivity contribution in [1.29, 1.82) is 0 Å². The minimum absolute atomic E-state index is 0.0185. The Bertz CT molecular complexity index is 244. The van der Waals surface area contributed by atoms with E-state index in [-0.39, 0.29) is 5.88 Å². The first kappa shape index (κ1) is 6.53. The van der Waals surface area contributed by atoms with Crippen LogP contribution < -0.4 is 4.68 Å². The molecule has 1 aromatic rings. The van der Waals surface area contributed by atoms with E-state index in [0.29, 0.717) is 0 Å². The topological polar surface area (TPSA) is 81.3 Å². The van der Waals surface area contributed by atoms with Crippen LogP contribution in [0.25, 0.3) is 5.32 Å². The fourth-order valence-electron chi connectivity index (χ4n) is 0.457. The number of amides is 1. The second-order valence-electron chi connectivity index (χ2n) is 1.61. The third-order valence-electron chi connectivity index (χ3n) is 0.766. The molecule has 6 nitrogen and oxygen atoms in total. The van der Waals surface area contributed by atoms with E-state index < -0.39 is 6.09 Å². The van der Waals surface area contributed by atoms with Crippen molar-refractivity contribution in [3.63, 3.8) is 0 Å². The summed E-state index contributed by atoms with van der Waals surface area (Å²) in [5, 5.41) is 14.5. The Labute approximate surface area is 56.0 Å². The molecule has 0 radical (unpaired) electrons. The van der Waals surface area contributed by atoms with Crippen LogP contribution in [0.2, 0.25) is 0 Å². The van der Waals surface area contributed by atoms with E-state index in [0.717, 1.165) is 0 Å². The standard InChI is InChI=1S/C4H5N3O3/c1-7-2-3(10-6-7)5-4(8)9/h2H,1H3,(H-,5,6,8,9). The maximum Gasteiger partial charge on any atom is 0.232 e. The Hall–Kier alpha value is -1.59. The lowest BCUT2D eigenvalue weighted by Gasteiger charge is -2.03. The van der Waals surface area contributed by atoms with Crippen molar-refractivity contribution in [2.75, 3.05) is 0 Å². The summed E-state index contributed by atoms with van der Waals surface area (Å²) < 4.78 is 5.76. The van der Waals surface area contributed by atoms with E-state index in [1.54, 1.807) is 7.05 Å². The largest absolute Gasteiger partial charge is 0.552 e. The molecule has 6 heteroatoms. The third-order valence-corrected chi connectivity index (χ3v) is 0.766. The lowest BCUT2D eigenvalue weighted by Crippen LogP contribution is -2.27. The number of hydrogen-bond acceptors (Lipinski definition) is 3. The first-order valence-corrected chi connectivity index (χ1v) is 2.46. The summed E-state index contributed by atoms with van der Waals surface area (Å²) in [7, 11) is 1.60. The van der Waals surface area contributed by atoms with Crippen molar-refractivity contribution in [1.82, 2.24) is 5.27 Å². The number of rotatable bonds is 1. The molecule has 1 aromatic heterocycles. The summed E-state index contributed by atoms with van der Waals surface area (Å²) in [6.45, 7) is 0. The molecule has 0 saturated carbocycles. The van der Waals surface area contributed by atoms with Crippen LogP contribution in [-0.2, 0) is 7.05 Å². The molecule has 0 aliphatic rings. The van der Waals surface area contributed by atoms with Crippen LogP contribution in [0, 0.1) is 0 Å². The quantitative estimate of drug-likeness (QED) is 0.568. The van der Waals surface area contributed by atoms with Crippen molar-refractivity contribution in [3.8, 4) is 0 Å². The monoisotopic (exact) mass is 143 g/mol. The van der Waals surface area contributed by atoms with E-state index >= 15 is 0 Å². The average molecular weight is 143 g/mol. The molecule has 0 fully saturated rings. The molecule has 1 N–H and O–H groups in total. The van der Waals surface area contributed by atoms with Crippen LogP contribution in [0.15, 0.2) is 10.7 Å². The van der Waals surface area contributed by atoms with Gasteiger partial charge in [-0.2, -0.15) is 0 Å². The smallest absolute Gasteiger partial charge is 0.232 e. The molecule has 0 bridgehead atoms. The van der Waals surface area contributed by atoms with Crippen molar-refractivity contribution in [2.45, 2.75) is 0 Å². The fraction of sp³-hybridized carbons (Fsp3) is 0.250. The Kier molecular flexibility index (Phi) is 1.53. The second kappa shape index (κ2) is 2.34. The summed E-state index contributed by atoms with van der Waals surface area (Å²) in [6, 6.07) is 0. The highest BCUT2D eigenvalue weighted by molar-refractivity contribution is 5.86. The Morgan fingerprint density at radius 3 is 3.10 bits per heavy atom. The molecule has 54 valence electrons. The van der Waals surface area contributed by atoms with Crippen LogP contribution in [-0.4, -0.2) is 16.5 Å². The van der Waals surface area contributed by atoms with E-state index in [1.807, 2.05) is 0 Å². The van der Waals surface area contributed by atoms with Crippen LogP contribution in [0.5, 0.6) is 0 Å². The predicted molar refractivity (Wildman–Crippen MR) is 28.7 cm³/mol. The van der Waals surface area contributed by atoms with E-state index in [4.69, 9.17) is 5.11 Å². The number of nitrogens with zero attached hydrogens (tertiary/aromatic N) is 3. The number of hydrogen-bond donors (Lipinski definition) is 1. The highest BCUT2D eigenvalue weighted by atomic mass is 16.5. The lowest BCUT2D eigenvalue weighted by atomic mass is 10.8. The number of aryl methyl sites for hydroxylation is 1. The van der Waals surface area contributed by atoms with Gasteiger partial charge in [-0.25, -0.2) is 0 Å². The molecule has 1 amide bonds. The van der Waals surface area contributed by atoms with E-state index in [2.05, 4.69) is 15.1 Å². The van der Waals surface area contributed by atoms with Crippen LogP contribution in [0.1, 0.15) is 0 Å². The van der Waals surface area contributed by atoms with Gasteiger partial charge in [0.05, 0.1) is 0 Å². The second-order valence-corrected chi connectivity index (χ2v) is 1.61. The molecule has 0 aliphatic heterocycles. The molecule has 1 heterocycles.